The second-order valence-corrected chi connectivity index (χ2v) is 4.73. The topological polar surface area (TPSA) is 75.6 Å². The molecule has 0 aliphatic carbocycles. The highest BCUT2D eigenvalue weighted by atomic mass is 16.5. The zero-order valence-electron chi connectivity index (χ0n) is 12.0. The number of carbonyl (C=O) groups is 2. The summed E-state index contributed by atoms with van der Waals surface area (Å²) >= 11 is 0. The molecule has 2 rings (SSSR count). The molecule has 2 aromatic carbocycles. The van der Waals surface area contributed by atoms with Gasteiger partial charge in [-0.2, -0.15) is 0 Å². The molecule has 2 N–H and O–H groups in total. The number of nitrogens with one attached hydrogen (secondary N) is 1. The van der Waals surface area contributed by atoms with Crippen molar-refractivity contribution < 1.29 is 19.4 Å². The summed E-state index contributed by atoms with van der Waals surface area (Å²) in [6, 6.07) is 15.4. The van der Waals surface area contributed by atoms with Gasteiger partial charge in [0, 0.05) is 5.56 Å². The van der Waals surface area contributed by atoms with Gasteiger partial charge in [-0.25, -0.2) is 0 Å². The molecule has 2 aromatic rings. The van der Waals surface area contributed by atoms with E-state index in [1.165, 1.54) is 24.3 Å². The quantitative estimate of drug-likeness (QED) is 0.766. The van der Waals surface area contributed by atoms with Crippen molar-refractivity contribution in [2.45, 2.75) is 6.61 Å². The van der Waals surface area contributed by atoms with Crippen molar-refractivity contribution in [3.63, 3.8) is 0 Å². The van der Waals surface area contributed by atoms with Crippen molar-refractivity contribution in [1.29, 1.82) is 0 Å². The van der Waals surface area contributed by atoms with Crippen LogP contribution in [-0.4, -0.2) is 29.9 Å². The molecule has 0 aliphatic heterocycles. The van der Waals surface area contributed by atoms with E-state index in [0.717, 1.165) is 5.56 Å². The summed E-state index contributed by atoms with van der Waals surface area (Å²) in [6.45, 7) is 0.149. The van der Waals surface area contributed by atoms with Gasteiger partial charge < -0.3 is 15.2 Å². The summed E-state index contributed by atoms with van der Waals surface area (Å²) < 4.78 is 5.28. The second-order valence-electron chi connectivity index (χ2n) is 4.73. The van der Waals surface area contributed by atoms with Gasteiger partial charge in [-0.05, 0) is 29.8 Å². The van der Waals surface area contributed by atoms with E-state index < -0.39 is 0 Å². The Hall–Kier alpha value is -2.66. The lowest BCUT2D eigenvalue weighted by molar-refractivity contribution is -0.125. The number of ketones is 1. The molecular formula is C17H17NO4. The number of ether oxygens (including phenoxy) is 1. The Morgan fingerprint density at radius 3 is 2.36 bits per heavy atom. The first-order valence-corrected chi connectivity index (χ1v) is 6.86. The summed E-state index contributed by atoms with van der Waals surface area (Å²) in [6.07, 6.45) is 0. The minimum absolute atomic E-state index is 0.0925. The van der Waals surface area contributed by atoms with Crippen LogP contribution in [0, 0.1) is 0 Å². The number of phenols is 1. The van der Waals surface area contributed by atoms with Crippen molar-refractivity contribution in [3.8, 4) is 5.75 Å². The van der Waals surface area contributed by atoms with Gasteiger partial charge in [0.15, 0.2) is 5.78 Å². The Balaban J connectivity index is 1.69. The largest absolute Gasteiger partial charge is 0.508 e. The average molecular weight is 299 g/mol. The van der Waals surface area contributed by atoms with Crippen LogP contribution in [0.3, 0.4) is 0 Å². The maximum absolute atomic E-state index is 11.8. The maximum Gasteiger partial charge on any atom is 0.246 e. The highest BCUT2D eigenvalue weighted by Gasteiger charge is 2.08. The number of benzene rings is 2. The van der Waals surface area contributed by atoms with Gasteiger partial charge in [0.1, 0.15) is 12.4 Å². The van der Waals surface area contributed by atoms with Crippen LogP contribution in [0.4, 0.5) is 0 Å². The third-order valence-electron chi connectivity index (χ3n) is 2.98. The summed E-state index contributed by atoms with van der Waals surface area (Å²) in [5.74, 6) is -0.477. The van der Waals surface area contributed by atoms with Gasteiger partial charge in [-0.15, -0.1) is 0 Å². The van der Waals surface area contributed by atoms with E-state index in [4.69, 9.17) is 9.84 Å². The van der Waals surface area contributed by atoms with E-state index in [9.17, 15) is 9.59 Å². The normalized spacial score (nSPS) is 10.2. The Kier molecular flexibility index (Phi) is 5.68. The molecule has 0 fully saturated rings. The van der Waals surface area contributed by atoms with Gasteiger partial charge in [0.25, 0.3) is 0 Å². The van der Waals surface area contributed by atoms with Crippen molar-refractivity contribution in [3.05, 3.63) is 65.7 Å². The fraction of sp³-hybridized carbons (Fsp3) is 0.176. The molecule has 0 heterocycles. The van der Waals surface area contributed by atoms with E-state index in [0.29, 0.717) is 12.2 Å². The van der Waals surface area contributed by atoms with Crippen LogP contribution in [0.5, 0.6) is 5.75 Å². The van der Waals surface area contributed by atoms with Crippen molar-refractivity contribution in [2.24, 2.45) is 0 Å². The summed E-state index contributed by atoms with van der Waals surface area (Å²) in [7, 11) is 0. The van der Waals surface area contributed by atoms with E-state index in [-0.39, 0.29) is 30.6 Å². The number of phenolic OH excluding ortho intramolecular Hbond substituents is 1. The number of hydrogen-bond acceptors (Lipinski definition) is 4. The van der Waals surface area contributed by atoms with Crippen LogP contribution in [0.1, 0.15) is 15.9 Å². The summed E-state index contributed by atoms with van der Waals surface area (Å²) in [5.41, 5.74) is 1.42. The predicted octanol–water partition coefficient (Wildman–Crippen LogP) is 1.91. The van der Waals surface area contributed by atoms with Gasteiger partial charge in [0.2, 0.25) is 5.91 Å². The highest BCUT2D eigenvalue weighted by Crippen LogP contribution is 2.09. The number of amides is 1. The lowest BCUT2D eigenvalue weighted by atomic mass is 10.1. The fourth-order valence-electron chi connectivity index (χ4n) is 1.82. The first-order valence-electron chi connectivity index (χ1n) is 6.86. The zero-order valence-corrected chi connectivity index (χ0v) is 12.0. The number of carbonyl (C=O) groups excluding carboxylic acids is 2. The standard InChI is InChI=1S/C17H17NO4/c19-15-8-6-14(7-9-15)16(20)10-18-17(21)12-22-11-13-4-2-1-3-5-13/h1-9,19H,10-12H2,(H,18,21). The smallest absolute Gasteiger partial charge is 0.246 e. The van der Waals surface area contributed by atoms with E-state index >= 15 is 0 Å². The van der Waals surface area contributed by atoms with Crippen LogP contribution in [0.15, 0.2) is 54.6 Å². The minimum atomic E-state index is -0.344. The maximum atomic E-state index is 11.8. The molecule has 22 heavy (non-hydrogen) atoms. The monoisotopic (exact) mass is 299 g/mol. The molecule has 0 saturated carbocycles. The molecule has 1 amide bonds. The number of rotatable bonds is 7. The van der Waals surface area contributed by atoms with Crippen molar-refractivity contribution in [1.82, 2.24) is 5.32 Å². The van der Waals surface area contributed by atoms with Crippen LogP contribution < -0.4 is 5.32 Å². The lowest BCUT2D eigenvalue weighted by Crippen LogP contribution is -2.32. The fourth-order valence-corrected chi connectivity index (χ4v) is 1.82. The molecule has 5 heteroatoms. The molecule has 114 valence electrons. The predicted molar refractivity (Wildman–Crippen MR) is 81.5 cm³/mol. The van der Waals surface area contributed by atoms with Crippen LogP contribution in [-0.2, 0) is 16.1 Å². The molecule has 0 unspecified atom stereocenters. The summed E-state index contributed by atoms with van der Waals surface area (Å²) in [4.78, 5) is 23.4. The number of Topliss-reactive ketones (excluding diaryl/α,β-unsaturated/α-hetero) is 1. The third kappa shape index (κ3) is 5.03. The zero-order chi connectivity index (χ0) is 15.8. The number of hydrogen-bond donors (Lipinski definition) is 2. The first-order chi connectivity index (χ1) is 10.6. The first kappa shape index (κ1) is 15.7. The summed E-state index contributed by atoms with van der Waals surface area (Å²) in [5, 5.41) is 11.7. The molecule has 5 nitrogen and oxygen atoms in total. The highest BCUT2D eigenvalue weighted by molar-refractivity contribution is 5.99. The third-order valence-corrected chi connectivity index (χ3v) is 2.98. The molecule has 0 bridgehead atoms. The van der Waals surface area contributed by atoms with E-state index in [1.807, 2.05) is 30.3 Å². The van der Waals surface area contributed by atoms with E-state index in [2.05, 4.69) is 5.32 Å². The molecule has 0 saturated heterocycles. The minimum Gasteiger partial charge on any atom is -0.508 e. The lowest BCUT2D eigenvalue weighted by Gasteiger charge is -2.06. The average Bonchev–Trinajstić information content (AvgIpc) is 2.54. The molecule has 0 spiro atoms. The van der Waals surface area contributed by atoms with Gasteiger partial charge >= 0.3 is 0 Å². The molecule has 0 aliphatic rings. The molecule has 0 atom stereocenters. The van der Waals surface area contributed by atoms with Crippen LogP contribution in [0.25, 0.3) is 0 Å². The van der Waals surface area contributed by atoms with Crippen molar-refractivity contribution >= 4 is 11.7 Å². The Bertz CT molecular complexity index is 623. The van der Waals surface area contributed by atoms with Gasteiger partial charge in [-0.3, -0.25) is 9.59 Å². The molecule has 0 aromatic heterocycles. The van der Waals surface area contributed by atoms with Gasteiger partial charge in [0.05, 0.1) is 13.2 Å². The van der Waals surface area contributed by atoms with E-state index in [1.54, 1.807) is 0 Å². The Morgan fingerprint density at radius 2 is 1.68 bits per heavy atom. The van der Waals surface area contributed by atoms with Crippen LogP contribution >= 0.6 is 0 Å². The Morgan fingerprint density at radius 1 is 1.00 bits per heavy atom. The molecular weight excluding hydrogens is 282 g/mol. The Labute approximate surface area is 128 Å². The molecule has 0 radical (unpaired) electrons. The van der Waals surface area contributed by atoms with Gasteiger partial charge in [-0.1, -0.05) is 30.3 Å². The SMILES string of the molecule is O=C(COCc1ccccc1)NCC(=O)c1ccc(O)cc1. The second kappa shape index (κ2) is 7.95. The number of aromatic hydroxyl groups is 1. The van der Waals surface area contributed by atoms with Crippen molar-refractivity contribution in [2.75, 3.05) is 13.2 Å². The van der Waals surface area contributed by atoms with Crippen LogP contribution in [0.2, 0.25) is 0 Å².